The molecule has 0 spiro atoms. The second-order valence-corrected chi connectivity index (χ2v) is 7.22. The summed E-state index contributed by atoms with van der Waals surface area (Å²) in [7, 11) is 0. The van der Waals surface area contributed by atoms with Crippen LogP contribution in [0.3, 0.4) is 0 Å². The Bertz CT molecular complexity index is 790. The molecule has 0 unspecified atom stereocenters. The van der Waals surface area contributed by atoms with Crippen molar-refractivity contribution in [1.82, 2.24) is 4.90 Å². The number of morpholine rings is 1. The SMILES string of the molecule is O=C(COc1ccc(Br)cc1)Nc1ccc(NC(=O)CN2CCOCC2)cc1. The second kappa shape index (κ2) is 10.2. The van der Waals surface area contributed by atoms with Gasteiger partial charge in [-0.1, -0.05) is 15.9 Å². The van der Waals surface area contributed by atoms with Crippen molar-refractivity contribution >= 4 is 39.1 Å². The fourth-order valence-corrected chi connectivity index (χ4v) is 2.94. The third-order valence-electron chi connectivity index (χ3n) is 4.11. The molecule has 148 valence electrons. The molecule has 0 radical (unpaired) electrons. The highest BCUT2D eigenvalue weighted by atomic mass is 79.9. The van der Waals surface area contributed by atoms with Crippen molar-refractivity contribution in [2.45, 2.75) is 0 Å². The molecule has 8 heteroatoms. The van der Waals surface area contributed by atoms with E-state index in [1.807, 2.05) is 12.1 Å². The average Bonchev–Trinajstić information content (AvgIpc) is 2.70. The summed E-state index contributed by atoms with van der Waals surface area (Å²) in [5.74, 6) is 0.297. The molecule has 3 rings (SSSR count). The van der Waals surface area contributed by atoms with Crippen LogP contribution in [0.1, 0.15) is 0 Å². The van der Waals surface area contributed by atoms with E-state index >= 15 is 0 Å². The van der Waals surface area contributed by atoms with Gasteiger partial charge in [0, 0.05) is 28.9 Å². The van der Waals surface area contributed by atoms with E-state index < -0.39 is 0 Å². The van der Waals surface area contributed by atoms with Gasteiger partial charge in [-0.05, 0) is 48.5 Å². The normalized spacial score (nSPS) is 14.3. The van der Waals surface area contributed by atoms with Crippen LogP contribution in [0.25, 0.3) is 0 Å². The van der Waals surface area contributed by atoms with E-state index in [1.165, 1.54) is 0 Å². The summed E-state index contributed by atoms with van der Waals surface area (Å²) in [6.45, 7) is 3.11. The van der Waals surface area contributed by atoms with Gasteiger partial charge in [0.1, 0.15) is 5.75 Å². The Kier molecular flexibility index (Phi) is 7.41. The standard InChI is InChI=1S/C20H22BrN3O4/c21-15-1-7-18(8-2-15)28-14-20(26)23-17-5-3-16(4-6-17)22-19(25)13-24-9-11-27-12-10-24/h1-8H,9-14H2,(H,22,25)(H,23,26). The van der Waals surface area contributed by atoms with Crippen LogP contribution in [0.4, 0.5) is 11.4 Å². The summed E-state index contributed by atoms with van der Waals surface area (Å²) in [5, 5.41) is 5.62. The lowest BCUT2D eigenvalue weighted by atomic mass is 10.2. The van der Waals surface area contributed by atoms with Crippen molar-refractivity contribution < 1.29 is 19.1 Å². The maximum Gasteiger partial charge on any atom is 0.262 e. The van der Waals surface area contributed by atoms with Crippen LogP contribution in [0, 0.1) is 0 Å². The summed E-state index contributed by atoms with van der Waals surface area (Å²) in [4.78, 5) is 26.2. The van der Waals surface area contributed by atoms with Crippen molar-refractivity contribution in [1.29, 1.82) is 0 Å². The second-order valence-electron chi connectivity index (χ2n) is 6.30. The fraction of sp³-hybridized carbons (Fsp3) is 0.300. The molecular weight excluding hydrogens is 426 g/mol. The van der Waals surface area contributed by atoms with Crippen LogP contribution in [0.2, 0.25) is 0 Å². The van der Waals surface area contributed by atoms with Gasteiger partial charge in [-0.3, -0.25) is 14.5 Å². The molecule has 7 nitrogen and oxygen atoms in total. The molecule has 1 aliphatic heterocycles. The topological polar surface area (TPSA) is 79.9 Å². The molecule has 2 aromatic carbocycles. The Labute approximate surface area is 172 Å². The van der Waals surface area contributed by atoms with Crippen molar-refractivity contribution in [3.05, 3.63) is 53.0 Å². The molecule has 1 saturated heterocycles. The fourth-order valence-electron chi connectivity index (χ4n) is 2.68. The lowest BCUT2D eigenvalue weighted by molar-refractivity contribution is -0.119. The molecule has 28 heavy (non-hydrogen) atoms. The third-order valence-corrected chi connectivity index (χ3v) is 4.64. The predicted molar refractivity (Wildman–Crippen MR) is 111 cm³/mol. The number of carbonyl (C=O) groups is 2. The number of hydrogen-bond acceptors (Lipinski definition) is 5. The Balaban J connectivity index is 1.42. The van der Waals surface area contributed by atoms with Crippen LogP contribution >= 0.6 is 15.9 Å². The summed E-state index contributed by atoms with van der Waals surface area (Å²) >= 11 is 3.35. The minimum Gasteiger partial charge on any atom is -0.484 e. The van der Waals surface area contributed by atoms with Gasteiger partial charge in [0.2, 0.25) is 5.91 Å². The first-order chi connectivity index (χ1) is 13.6. The van der Waals surface area contributed by atoms with Gasteiger partial charge in [-0.15, -0.1) is 0 Å². The summed E-state index contributed by atoms with van der Waals surface area (Å²) in [5.41, 5.74) is 1.32. The van der Waals surface area contributed by atoms with Gasteiger partial charge in [-0.25, -0.2) is 0 Å². The quantitative estimate of drug-likeness (QED) is 0.681. The van der Waals surface area contributed by atoms with Crippen LogP contribution in [-0.4, -0.2) is 56.2 Å². The zero-order valence-electron chi connectivity index (χ0n) is 15.3. The Morgan fingerprint density at radius 1 is 0.929 bits per heavy atom. The molecule has 2 amide bonds. The first kappa shape index (κ1) is 20.3. The van der Waals surface area contributed by atoms with Crippen LogP contribution < -0.4 is 15.4 Å². The zero-order chi connectivity index (χ0) is 19.8. The average molecular weight is 448 g/mol. The van der Waals surface area contributed by atoms with Crippen LogP contribution in [-0.2, 0) is 14.3 Å². The van der Waals surface area contributed by atoms with E-state index in [4.69, 9.17) is 9.47 Å². The number of nitrogens with one attached hydrogen (secondary N) is 2. The van der Waals surface area contributed by atoms with Gasteiger partial charge in [-0.2, -0.15) is 0 Å². The minimum atomic E-state index is -0.257. The highest BCUT2D eigenvalue weighted by Gasteiger charge is 2.14. The van der Waals surface area contributed by atoms with Crippen molar-refractivity contribution in [3.63, 3.8) is 0 Å². The molecule has 0 aromatic heterocycles. The molecule has 0 saturated carbocycles. The number of benzene rings is 2. The Morgan fingerprint density at radius 3 is 2.11 bits per heavy atom. The van der Waals surface area contributed by atoms with E-state index in [2.05, 4.69) is 31.5 Å². The molecule has 0 aliphatic carbocycles. The van der Waals surface area contributed by atoms with Crippen LogP contribution in [0.5, 0.6) is 5.75 Å². The smallest absolute Gasteiger partial charge is 0.262 e. The molecule has 2 aromatic rings. The van der Waals surface area contributed by atoms with Gasteiger partial charge in [0.25, 0.3) is 5.91 Å². The number of halogens is 1. The molecular formula is C20H22BrN3O4. The molecule has 1 aliphatic rings. The van der Waals surface area contributed by atoms with Crippen molar-refractivity contribution in [3.8, 4) is 5.75 Å². The predicted octanol–water partition coefficient (Wildman–Crippen LogP) is 2.74. The number of amides is 2. The monoisotopic (exact) mass is 447 g/mol. The van der Waals surface area contributed by atoms with E-state index in [-0.39, 0.29) is 18.4 Å². The number of ether oxygens (including phenoxy) is 2. The Morgan fingerprint density at radius 2 is 1.50 bits per heavy atom. The first-order valence-corrected chi connectivity index (χ1v) is 9.76. The molecule has 2 N–H and O–H groups in total. The van der Waals surface area contributed by atoms with Gasteiger partial charge < -0.3 is 20.1 Å². The van der Waals surface area contributed by atoms with Crippen LogP contribution in [0.15, 0.2) is 53.0 Å². The summed E-state index contributed by atoms with van der Waals surface area (Å²) in [6.07, 6.45) is 0. The minimum absolute atomic E-state index is 0.0680. The molecule has 1 heterocycles. The first-order valence-electron chi connectivity index (χ1n) is 8.97. The number of nitrogens with zero attached hydrogens (tertiary/aromatic N) is 1. The maximum atomic E-state index is 12.1. The van der Waals surface area contributed by atoms with Crippen molar-refractivity contribution in [2.24, 2.45) is 0 Å². The highest BCUT2D eigenvalue weighted by molar-refractivity contribution is 9.10. The number of hydrogen-bond donors (Lipinski definition) is 2. The Hall–Kier alpha value is -2.42. The highest BCUT2D eigenvalue weighted by Crippen LogP contribution is 2.17. The van der Waals surface area contributed by atoms with Gasteiger partial charge in [0.05, 0.1) is 19.8 Å². The number of carbonyl (C=O) groups excluding carboxylic acids is 2. The van der Waals surface area contributed by atoms with Gasteiger partial charge in [0.15, 0.2) is 6.61 Å². The number of rotatable bonds is 7. The third kappa shape index (κ3) is 6.63. The maximum absolute atomic E-state index is 12.1. The summed E-state index contributed by atoms with van der Waals surface area (Å²) < 4.78 is 11.7. The largest absolute Gasteiger partial charge is 0.484 e. The van der Waals surface area contributed by atoms with Gasteiger partial charge >= 0.3 is 0 Å². The van der Waals surface area contributed by atoms with E-state index in [0.29, 0.717) is 36.9 Å². The number of anilines is 2. The lowest BCUT2D eigenvalue weighted by Crippen LogP contribution is -2.41. The molecule has 0 atom stereocenters. The molecule has 0 bridgehead atoms. The van der Waals surface area contributed by atoms with E-state index in [0.717, 1.165) is 17.6 Å². The van der Waals surface area contributed by atoms with Crippen molar-refractivity contribution in [2.75, 3.05) is 50.1 Å². The summed E-state index contributed by atoms with van der Waals surface area (Å²) in [6, 6.07) is 14.2. The lowest BCUT2D eigenvalue weighted by Gasteiger charge is -2.25. The van der Waals surface area contributed by atoms with E-state index in [1.54, 1.807) is 36.4 Å². The van der Waals surface area contributed by atoms with E-state index in [9.17, 15) is 9.59 Å². The molecule has 1 fully saturated rings. The zero-order valence-corrected chi connectivity index (χ0v) is 16.9.